The summed E-state index contributed by atoms with van der Waals surface area (Å²) in [7, 11) is 0. The molecule has 0 aliphatic carbocycles. The Morgan fingerprint density at radius 3 is 2.42 bits per heavy atom. The van der Waals surface area contributed by atoms with Crippen molar-refractivity contribution in [2.45, 2.75) is 6.42 Å². The van der Waals surface area contributed by atoms with Crippen molar-refractivity contribution < 1.29 is 19.1 Å². The van der Waals surface area contributed by atoms with Gasteiger partial charge in [-0.2, -0.15) is 5.10 Å². The average molecular weight is 424 g/mol. The molecule has 0 atom stereocenters. The Labute approximate surface area is 176 Å². The summed E-state index contributed by atoms with van der Waals surface area (Å²) in [5, 5.41) is 16.8. The standard InChI is InChI=1S/C22H21FN4O4/c23-18-6-5-14(12-19-15-3-1-2-4-16(15)21(30)25-24-19)11-17(18)22(31)27-9-7-26(8-10-27)20(29)13-28/h1-6,11,28H,7-10,12-13H2,(H,25,30). The number of nitrogens with one attached hydrogen (secondary N) is 1. The molecule has 0 unspecified atom stereocenters. The molecule has 9 heteroatoms. The lowest BCUT2D eigenvalue weighted by Crippen LogP contribution is -2.51. The number of carbonyl (C=O) groups excluding carboxylic acids is 2. The second-order valence-corrected chi connectivity index (χ2v) is 7.37. The van der Waals surface area contributed by atoms with E-state index >= 15 is 0 Å². The van der Waals surface area contributed by atoms with E-state index < -0.39 is 18.3 Å². The van der Waals surface area contributed by atoms with Gasteiger partial charge in [-0.3, -0.25) is 14.4 Å². The summed E-state index contributed by atoms with van der Waals surface area (Å²) in [6.45, 7) is 0.540. The van der Waals surface area contributed by atoms with E-state index in [-0.39, 0.29) is 30.1 Å². The van der Waals surface area contributed by atoms with E-state index in [4.69, 9.17) is 5.11 Å². The van der Waals surface area contributed by atoms with Gasteiger partial charge >= 0.3 is 0 Å². The molecule has 0 saturated carbocycles. The van der Waals surface area contributed by atoms with Gasteiger partial charge in [0.25, 0.3) is 11.5 Å². The van der Waals surface area contributed by atoms with Crippen molar-refractivity contribution >= 4 is 22.6 Å². The minimum atomic E-state index is -0.623. The number of amides is 2. The summed E-state index contributed by atoms with van der Waals surface area (Å²) in [5.74, 6) is -1.46. The summed E-state index contributed by atoms with van der Waals surface area (Å²) in [6, 6.07) is 11.4. The first-order chi connectivity index (χ1) is 15.0. The fourth-order valence-corrected chi connectivity index (χ4v) is 3.78. The van der Waals surface area contributed by atoms with Crippen molar-refractivity contribution in [3.8, 4) is 0 Å². The van der Waals surface area contributed by atoms with Crippen LogP contribution in [0.15, 0.2) is 47.3 Å². The van der Waals surface area contributed by atoms with Crippen LogP contribution in [0.5, 0.6) is 0 Å². The van der Waals surface area contributed by atoms with Gasteiger partial charge in [-0.05, 0) is 23.8 Å². The molecule has 2 N–H and O–H groups in total. The number of fused-ring (bicyclic) bond motifs is 1. The number of hydrogen-bond acceptors (Lipinski definition) is 5. The minimum Gasteiger partial charge on any atom is -0.387 e. The molecule has 2 heterocycles. The molecule has 160 valence electrons. The van der Waals surface area contributed by atoms with Gasteiger partial charge in [-0.15, -0.1) is 0 Å². The third-order valence-corrected chi connectivity index (χ3v) is 5.46. The van der Waals surface area contributed by atoms with Crippen LogP contribution in [-0.4, -0.2) is 69.7 Å². The van der Waals surface area contributed by atoms with E-state index in [1.807, 2.05) is 6.07 Å². The number of benzene rings is 2. The number of aromatic amines is 1. The number of halogens is 1. The smallest absolute Gasteiger partial charge is 0.272 e. The number of aliphatic hydroxyl groups excluding tert-OH is 1. The number of aromatic nitrogens is 2. The van der Waals surface area contributed by atoms with Gasteiger partial charge in [0.15, 0.2) is 0 Å². The Kier molecular flexibility index (Phi) is 5.77. The van der Waals surface area contributed by atoms with Crippen molar-refractivity contribution in [3.63, 3.8) is 0 Å². The van der Waals surface area contributed by atoms with Crippen molar-refractivity contribution in [2.24, 2.45) is 0 Å². The molecule has 1 aliphatic rings. The molecule has 0 radical (unpaired) electrons. The lowest BCUT2D eigenvalue weighted by Gasteiger charge is -2.34. The van der Waals surface area contributed by atoms with E-state index in [2.05, 4.69) is 10.2 Å². The van der Waals surface area contributed by atoms with Gasteiger partial charge in [0.1, 0.15) is 12.4 Å². The maximum atomic E-state index is 14.5. The van der Waals surface area contributed by atoms with Gasteiger partial charge < -0.3 is 14.9 Å². The van der Waals surface area contributed by atoms with Crippen LogP contribution < -0.4 is 5.56 Å². The Balaban J connectivity index is 1.56. The number of H-pyrrole nitrogens is 1. The number of rotatable bonds is 4. The van der Waals surface area contributed by atoms with Gasteiger partial charge in [0.2, 0.25) is 5.91 Å². The van der Waals surface area contributed by atoms with Crippen LogP contribution in [0.25, 0.3) is 10.8 Å². The monoisotopic (exact) mass is 424 g/mol. The van der Waals surface area contributed by atoms with E-state index in [1.54, 1.807) is 24.3 Å². The molecular weight excluding hydrogens is 403 g/mol. The third kappa shape index (κ3) is 4.17. The van der Waals surface area contributed by atoms with Crippen molar-refractivity contribution in [1.82, 2.24) is 20.0 Å². The zero-order valence-electron chi connectivity index (χ0n) is 16.7. The molecule has 3 aromatic rings. The number of nitrogens with zero attached hydrogens (tertiary/aromatic N) is 3. The predicted octanol–water partition coefficient (Wildman–Crippen LogP) is 0.930. The normalized spacial score (nSPS) is 14.1. The number of aliphatic hydroxyl groups is 1. The molecular formula is C22H21FN4O4. The second kappa shape index (κ2) is 8.65. The topological polar surface area (TPSA) is 107 Å². The molecule has 31 heavy (non-hydrogen) atoms. The highest BCUT2D eigenvalue weighted by Gasteiger charge is 2.26. The highest BCUT2D eigenvalue weighted by Crippen LogP contribution is 2.20. The summed E-state index contributed by atoms with van der Waals surface area (Å²) in [5.41, 5.74) is 0.973. The Morgan fingerprint density at radius 2 is 1.71 bits per heavy atom. The molecule has 2 amide bonds. The van der Waals surface area contributed by atoms with Crippen LogP contribution in [0.1, 0.15) is 21.6 Å². The minimum absolute atomic E-state index is 0.0480. The molecule has 0 spiro atoms. The van der Waals surface area contributed by atoms with E-state index in [1.165, 1.54) is 21.9 Å². The van der Waals surface area contributed by atoms with Gasteiger partial charge in [-0.1, -0.05) is 24.3 Å². The van der Waals surface area contributed by atoms with Crippen LogP contribution in [0.3, 0.4) is 0 Å². The number of piperazine rings is 1. The molecule has 0 bridgehead atoms. The number of carbonyl (C=O) groups is 2. The predicted molar refractivity (Wildman–Crippen MR) is 111 cm³/mol. The highest BCUT2D eigenvalue weighted by molar-refractivity contribution is 5.95. The van der Waals surface area contributed by atoms with Gasteiger partial charge in [0.05, 0.1) is 16.6 Å². The Hall–Kier alpha value is -3.59. The first-order valence-electron chi connectivity index (χ1n) is 9.90. The molecule has 2 aromatic carbocycles. The van der Waals surface area contributed by atoms with Crippen LogP contribution in [0.4, 0.5) is 4.39 Å². The molecule has 1 saturated heterocycles. The van der Waals surface area contributed by atoms with E-state index in [9.17, 15) is 18.8 Å². The van der Waals surface area contributed by atoms with Crippen LogP contribution in [0.2, 0.25) is 0 Å². The molecule has 8 nitrogen and oxygen atoms in total. The zero-order chi connectivity index (χ0) is 22.0. The zero-order valence-corrected chi connectivity index (χ0v) is 16.7. The van der Waals surface area contributed by atoms with Crippen molar-refractivity contribution in [2.75, 3.05) is 32.8 Å². The Morgan fingerprint density at radius 1 is 1.03 bits per heavy atom. The lowest BCUT2D eigenvalue weighted by molar-refractivity contribution is -0.135. The first-order valence-corrected chi connectivity index (χ1v) is 9.90. The maximum Gasteiger partial charge on any atom is 0.272 e. The fraction of sp³-hybridized carbons (Fsp3) is 0.273. The van der Waals surface area contributed by atoms with Crippen LogP contribution >= 0.6 is 0 Å². The molecule has 1 aliphatic heterocycles. The van der Waals surface area contributed by atoms with E-state index in [0.717, 1.165) is 0 Å². The van der Waals surface area contributed by atoms with Gasteiger partial charge in [-0.25, -0.2) is 9.49 Å². The summed E-state index contributed by atoms with van der Waals surface area (Å²) in [4.78, 5) is 39.4. The second-order valence-electron chi connectivity index (χ2n) is 7.37. The lowest BCUT2D eigenvalue weighted by atomic mass is 10.0. The van der Waals surface area contributed by atoms with E-state index in [0.29, 0.717) is 41.5 Å². The van der Waals surface area contributed by atoms with Crippen molar-refractivity contribution in [3.05, 3.63) is 75.5 Å². The average Bonchev–Trinajstić information content (AvgIpc) is 2.81. The summed E-state index contributed by atoms with van der Waals surface area (Å²) < 4.78 is 14.5. The highest BCUT2D eigenvalue weighted by atomic mass is 19.1. The molecule has 4 rings (SSSR count). The third-order valence-electron chi connectivity index (χ3n) is 5.46. The number of hydrogen-bond donors (Lipinski definition) is 2. The van der Waals surface area contributed by atoms with Gasteiger partial charge in [0, 0.05) is 38.0 Å². The van der Waals surface area contributed by atoms with Crippen LogP contribution in [-0.2, 0) is 11.2 Å². The largest absolute Gasteiger partial charge is 0.387 e. The quantitative estimate of drug-likeness (QED) is 0.648. The fourth-order valence-electron chi connectivity index (χ4n) is 3.78. The summed E-state index contributed by atoms with van der Waals surface area (Å²) in [6.07, 6.45) is 0.316. The summed E-state index contributed by atoms with van der Waals surface area (Å²) >= 11 is 0. The maximum absolute atomic E-state index is 14.5. The molecule has 1 aromatic heterocycles. The molecule has 1 fully saturated rings. The Bertz CT molecular complexity index is 1200. The van der Waals surface area contributed by atoms with Crippen LogP contribution in [0, 0.1) is 5.82 Å². The first kappa shape index (κ1) is 20.7. The SMILES string of the molecule is O=C(CO)N1CCN(C(=O)c2cc(Cc3n[nH]c(=O)c4ccccc34)ccc2F)CC1. The van der Waals surface area contributed by atoms with Crippen molar-refractivity contribution in [1.29, 1.82) is 0 Å².